The van der Waals surface area contributed by atoms with Crippen LogP contribution in [0.5, 0.6) is 11.5 Å². The molecule has 1 fully saturated rings. The maximum Gasteiger partial charge on any atom is 0.241 e. The van der Waals surface area contributed by atoms with Crippen LogP contribution in [0.3, 0.4) is 0 Å². The summed E-state index contributed by atoms with van der Waals surface area (Å²) in [5.74, 6) is 1.24. The highest BCUT2D eigenvalue weighted by Crippen LogP contribution is 2.28. The molecule has 1 aliphatic rings. The Labute approximate surface area is 164 Å². The van der Waals surface area contributed by atoms with E-state index in [1.807, 2.05) is 53.4 Å². The van der Waals surface area contributed by atoms with Crippen LogP contribution in [0.15, 0.2) is 48.5 Å². The fraction of sp³-hybridized carbons (Fsp3) is 0.333. The number of ether oxygens (including phenoxy) is 2. The van der Waals surface area contributed by atoms with Crippen LogP contribution in [-0.4, -0.2) is 57.1 Å². The minimum atomic E-state index is -0.121. The number of methoxy groups -OCH3 is 2. The zero-order valence-electron chi connectivity index (χ0n) is 16.2. The Bertz CT molecular complexity index is 840. The zero-order chi connectivity index (χ0) is 19.9. The second-order valence-corrected chi connectivity index (χ2v) is 6.52. The van der Waals surface area contributed by atoms with E-state index in [4.69, 9.17) is 9.47 Å². The molecule has 0 radical (unpaired) electrons. The van der Waals surface area contributed by atoms with Crippen molar-refractivity contribution in [2.45, 2.75) is 6.54 Å². The Kier molecular flexibility index (Phi) is 6.49. The van der Waals surface area contributed by atoms with E-state index >= 15 is 0 Å². The largest absolute Gasteiger partial charge is 0.496 e. The fourth-order valence-corrected chi connectivity index (χ4v) is 3.27. The van der Waals surface area contributed by atoms with Crippen LogP contribution in [-0.2, 0) is 16.1 Å². The normalized spacial score (nSPS) is 14.6. The molecule has 3 rings (SSSR count). The monoisotopic (exact) mass is 383 g/mol. The van der Waals surface area contributed by atoms with Gasteiger partial charge in [-0.1, -0.05) is 30.3 Å². The van der Waals surface area contributed by atoms with E-state index in [1.54, 1.807) is 19.1 Å². The summed E-state index contributed by atoms with van der Waals surface area (Å²) >= 11 is 0. The average molecular weight is 383 g/mol. The molecule has 0 saturated carbocycles. The number of amides is 2. The van der Waals surface area contributed by atoms with Gasteiger partial charge in [0.1, 0.15) is 11.5 Å². The quantitative estimate of drug-likeness (QED) is 0.788. The van der Waals surface area contributed by atoms with Crippen molar-refractivity contribution in [2.24, 2.45) is 0 Å². The summed E-state index contributed by atoms with van der Waals surface area (Å²) < 4.78 is 10.6. The fourth-order valence-electron chi connectivity index (χ4n) is 3.27. The summed E-state index contributed by atoms with van der Waals surface area (Å²) in [7, 11) is 3.19. The van der Waals surface area contributed by atoms with Gasteiger partial charge in [0, 0.05) is 25.2 Å². The number of nitrogens with zero attached hydrogens (tertiary/aromatic N) is 2. The molecule has 1 heterocycles. The molecule has 28 heavy (non-hydrogen) atoms. The van der Waals surface area contributed by atoms with Crippen molar-refractivity contribution in [1.82, 2.24) is 10.2 Å². The average Bonchev–Trinajstić information content (AvgIpc) is 2.72. The summed E-state index contributed by atoms with van der Waals surface area (Å²) in [5, 5.41) is 2.89. The second kappa shape index (κ2) is 9.23. The van der Waals surface area contributed by atoms with Crippen molar-refractivity contribution in [2.75, 3.05) is 45.3 Å². The zero-order valence-corrected chi connectivity index (χ0v) is 16.2. The molecule has 0 bridgehead atoms. The van der Waals surface area contributed by atoms with Gasteiger partial charge in [0.2, 0.25) is 11.8 Å². The van der Waals surface area contributed by atoms with Crippen LogP contribution in [0, 0.1) is 0 Å². The first-order valence-electron chi connectivity index (χ1n) is 9.16. The third-order valence-electron chi connectivity index (χ3n) is 4.71. The van der Waals surface area contributed by atoms with Crippen molar-refractivity contribution in [3.05, 3.63) is 54.1 Å². The van der Waals surface area contributed by atoms with Gasteiger partial charge in [-0.3, -0.25) is 14.5 Å². The Hall–Kier alpha value is -3.06. The van der Waals surface area contributed by atoms with Crippen LogP contribution in [0.1, 0.15) is 5.56 Å². The second-order valence-electron chi connectivity index (χ2n) is 6.52. The number of hydrogen-bond acceptors (Lipinski definition) is 5. The van der Waals surface area contributed by atoms with Gasteiger partial charge in [0.25, 0.3) is 0 Å². The van der Waals surface area contributed by atoms with Gasteiger partial charge in [-0.15, -0.1) is 0 Å². The topological polar surface area (TPSA) is 71.1 Å². The van der Waals surface area contributed by atoms with E-state index in [2.05, 4.69) is 5.32 Å². The number of rotatable bonds is 7. The molecule has 148 valence electrons. The lowest BCUT2D eigenvalue weighted by atomic mass is 10.2. The standard InChI is InChI=1S/C21H25N3O4/c1-27-18-9-5-3-7-16(18)13-22-20(25)14-23-11-12-24(21(26)15-23)17-8-4-6-10-19(17)28-2/h3-10H,11-15H2,1-2H3,(H,22,25). The molecule has 7 heteroatoms. The SMILES string of the molecule is COc1ccccc1CNC(=O)CN1CCN(c2ccccc2OC)C(=O)C1. The number of carbonyl (C=O) groups is 2. The molecular formula is C21H25N3O4. The lowest BCUT2D eigenvalue weighted by molar-refractivity contribution is -0.125. The van der Waals surface area contributed by atoms with Crippen molar-refractivity contribution in [3.63, 3.8) is 0 Å². The molecular weight excluding hydrogens is 358 g/mol. The number of hydrogen-bond donors (Lipinski definition) is 1. The van der Waals surface area contributed by atoms with Crippen LogP contribution in [0.25, 0.3) is 0 Å². The van der Waals surface area contributed by atoms with Crippen molar-refractivity contribution >= 4 is 17.5 Å². The van der Waals surface area contributed by atoms with E-state index in [-0.39, 0.29) is 24.9 Å². The highest BCUT2D eigenvalue weighted by atomic mass is 16.5. The predicted octanol–water partition coefficient (Wildman–Crippen LogP) is 1.67. The van der Waals surface area contributed by atoms with E-state index in [0.717, 1.165) is 17.0 Å². The molecule has 1 N–H and O–H groups in total. The number of piperazine rings is 1. The highest BCUT2D eigenvalue weighted by molar-refractivity contribution is 5.97. The number of carbonyl (C=O) groups excluding carboxylic acids is 2. The lowest BCUT2D eigenvalue weighted by Crippen LogP contribution is -2.52. The van der Waals surface area contributed by atoms with Crippen LogP contribution in [0.4, 0.5) is 5.69 Å². The molecule has 7 nitrogen and oxygen atoms in total. The summed E-state index contributed by atoms with van der Waals surface area (Å²) in [6.07, 6.45) is 0. The molecule has 2 amide bonds. The van der Waals surface area contributed by atoms with Gasteiger partial charge in [0.05, 0.1) is 33.0 Å². The Morgan fingerprint density at radius 2 is 1.68 bits per heavy atom. The third kappa shape index (κ3) is 4.61. The third-order valence-corrected chi connectivity index (χ3v) is 4.71. The smallest absolute Gasteiger partial charge is 0.241 e. The molecule has 0 atom stereocenters. The van der Waals surface area contributed by atoms with Gasteiger partial charge in [0.15, 0.2) is 0 Å². The molecule has 1 aliphatic heterocycles. The maximum atomic E-state index is 12.6. The van der Waals surface area contributed by atoms with Crippen LogP contribution in [0.2, 0.25) is 0 Å². The van der Waals surface area contributed by atoms with Crippen molar-refractivity contribution < 1.29 is 19.1 Å². The maximum absolute atomic E-state index is 12.6. The number of benzene rings is 2. The summed E-state index contributed by atoms with van der Waals surface area (Å²) in [6, 6.07) is 15.0. The molecule has 2 aromatic rings. The summed E-state index contributed by atoms with van der Waals surface area (Å²) in [6.45, 7) is 1.89. The minimum absolute atomic E-state index is 0.0479. The Balaban J connectivity index is 1.53. The van der Waals surface area contributed by atoms with Gasteiger partial charge in [-0.2, -0.15) is 0 Å². The van der Waals surface area contributed by atoms with E-state index < -0.39 is 0 Å². The van der Waals surface area contributed by atoms with Crippen molar-refractivity contribution in [3.8, 4) is 11.5 Å². The number of nitrogens with one attached hydrogen (secondary N) is 1. The molecule has 0 aliphatic carbocycles. The first kappa shape index (κ1) is 19.7. The van der Waals surface area contributed by atoms with Gasteiger partial charge in [-0.05, 0) is 18.2 Å². The molecule has 0 aromatic heterocycles. The summed E-state index contributed by atoms with van der Waals surface area (Å²) in [5.41, 5.74) is 1.67. The predicted molar refractivity (Wildman–Crippen MR) is 107 cm³/mol. The lowest BCUT2D eigenvalue weighted by Gasteiger charge is -2.34. The van der Waals surface area contributed by atoms with E-state index in [9.17, 15) is 9.59 Å². The highest BCUT2D eigenvalue weighted by Gasteiger charge is 2.27. The first-order valence-corrected chi connectivity index (χ1v) is 9.16. The minimum Gasteiger partial charge on any atom is -0.496 e. The van der Waals surface area contributed by atoms with Crippen LogP contribution >= 0.6 is 0 Å². The van der Waals surface area contributed by atoms with Gasteiger partial charge < -0.3 is 19.7 Å². The van der Waals surface area contributed by atoms with Gasteiger partial charge in [-0.25, -0.2) is 0 Å². The van der Waals surface area contributed by atoms with Crippen molar-refractivity contribution in [1.29, 1.82) is 0 Å². The number of anilines is 1. The Morgan fingerprint density at radius 3 is 2.39 bits per heavy atom. The number of para-hydroxylation sites is 3. The first-order chi connectivity index (χ1) is 13.6. The Morgan fingerprint density at radius 1 is 1.00 bits per heavy atom. The van der Waals surface area contributed by atoms with E-state index in [0.29, 0.717) is 25.4 Å². The van der Waals surface area contributed by atoms with Gasteiger partial charge >= 0.3 is 0 Å². The van der Waals surface area contributed by atoms with Crippen LogP contribution < -0.4 is 19.7 Å². The summed E-state index contributed by atoms with van der Waals surface area (Å²) in [4.78, 5) is 28.5. The van der Waals surface area contributed by atoms with E-state index in [1.165, 1.54) is 0 Å². The molecule has 0 unspecified atom stereocenters. The molecule has 0 spiro atoms. The molecule has 2 aromatic carbocycles. The molecule has 1 saturated heterocycles.